The van der Waals surface area contributed by atoms with Crippen LogP contribution in [0.5, 0.6) is 0 Å². The molecule has 0 saturated carbocycles. The minimum atomic E-state index is -4.10. The molecule has 13 heteroatoms. The van der Waals surface area contributed by atoms with Crippen LogP contribution in [-0.4, -0.2) is 47.4 Å². The highest BCUT2D eigenvalue weighted by Gasteiger charge is 2.21. The second kappa shape index (κ2) is 6.37. The SMILES string of the molecule is C=CCn1c(=O)c2cnc(S(C)(=O)=O)nc2n1-c1cccc(S(N)(=O)=O)n1. The summed E-state index contributed by atoms with van der Waals surface area (Å²) in [7, 11) is -7.84. The summed E-state index contributed by atoms with van der Waals surface area (Å²) in [6, 6.07) is 4.00. The Morgan fingerprint density at radius 3 is 2.52 bits per heavy atom. The second-order valence-corrected chi connectivity index (χ2v) is 8.95. The summed E-state index contributed by atoms with van der Waals surface area (Å²) >= 11 is 0. The van der Waals surface area contributed by atoms with Gasteiger partial charge in [-0.1, -0.05) is 12.1 Å². The van der Waals surface area contributed by atoms with Crippen LogP contribution in [0.2, 0.25) is 0 Å². The smallest absolute Gasteiger partial charge is 0.267 e. The first-order valence-corrected chi connectivity index (χ1v) is 10.8. The zero-order chi connectivity index (χ0) is 20.0. The predicted octanol–water partition coefficient (Wildman–Crippen LogP) is -0.786. The Morgan fingerprint density at radius 1 is 1.22 bits per heavy atom. The van der Waals surface area contributed by atoms with Gasteiger partial charge in [0.2, 0.25) is 15.0 Å². The van der Waals surface area contributed by atoms with Crippen molar-refractivity contribution in [2.75, 3.05) is 6.26 Å². The van der Waals surface area contributed by atoms with E-state index in [0.29, 0.717) is 0 Å². The van der Waals surface area contributed by atoms with Gasteiger partial charge < -0.3 is 0 Å². The number of pyridine rings is 1. The van der Waals surface area contributed by atoms with E-state index >= 15 is 0 Å². The van der Waals surface area contributed by atoms with Gasteiger partial charge in [-0.15, -0.1) is 6.58 Å². The van der Waals surface area contributed by atoms with Crippen LogP contribution < -0.4 is 10.7 Å². The van der Waals surface area contributed by atoms with Crippen molar-refractivity contribution in [3.05, 3.63) is 47.4 Å². The Morgan fingerprint density at radius 2 is 1.93 bits per heavy atom. The third-order valence-corrected chi connectivity index (χ3v) is 5.17. The first-order chi connectivity index (χ1) is 12.5. The van der Waals surface area contributed by atoms with Gasteiger partial charge in [0.25, 0.3) is 15.6 Å². The van der Waals surface area contributed by atoms with E-state index in [4.69, 9.17) is 5.14 Å². The Kier molecular flexibility index (Phi) is 4.45. The third kappa shape index (κ3) is 3.39. The molecule has 0 radical (unpaired) electrons. The summed E-state index contributed by atoms with van der Waals surface area (Å²) < 4.78 is 49.1. The largest absolute Gasteiger partial charge is 0.278 e. The molecule has 3 heterocycles. The number of sulfonamides is 1. The summed E-state index contributed by atoms with van der Waals surface area (Å²) in [4.78, 5) is 24.3. The van der Waals surface area contributed by atoms with E-state index in [0.717, 1.165) is 12.5 Å². The molecule has 0 bridgehead atoms. The van der Waals surface area contributed by atoms with E-state index < -0.39 is 35.6 Å². The number of hydrogen-bond acceptors (Lipinski definition) is 8. The van der Waals surface area contributed by atoms with Crippen molar-refractivity contribution in [2.45, 2.75) is 16.7 Å². The Hall–Kier alpha value is -2.90. The number of primary sulfonamides is 1. The van der Waals surface area contributed by atoms with Crippen LogP contribution in [0.15, 0.2) is 52.0 Å². The maximum atomic E-state index is 12.6. The van der Waals surface area contributed by atoms with Gasteiger partial charge in [0, 0.05) is 12.5 Å². The lowest BCUT2D eigenvalue weighted by molar-refractivity contribution is 0.581. The van der Waals surface area contributed by atoms with Gasteiger partial charge in [0.1, 0.15) is 5.39 Å². The second-order valence-electron chi connectivity index (χ2n) is 5.53. The van der Waals surface area contributed by atoms with Crippen molar-refractivity contribution in [3.63, 3.8) is 0 Å². The van der Waals surface area contributed by atoms with Crippen molar-refractivity contribution >= 4 is 30.9 Å². The molecule has 3 aromatic rings. The highest BCUT2D eigenvalue weighted by Crippen LogP contribution is 2.17. The van der Waals surface area contributed by atoms with E-state index in [9.17, 15) is 21.6 Å². The average molecular weight is 410 g/mol. The molecule has 2 N–H and O–H groups in total. The van der Waals surface area contributed by atoms with E-state index in [1.54, 1.807) is 0 Å². The molecule has 0 aliphatic carbocycles. The molecule has 0 saturated heterocycles. The highest BCUT2D eigenvalue weighted by molar-refractivity contribution is 7.90. The van der Waals surface area contributed by atoms with Crippen LogP contribution in [0.25, 0.3) is 16.9 Å². The lowest BCUT2D eigenvalue weighted by atomic mass is 10.4. The van der Waals surface area contributed by atoms with Gasteiger partial charge in [-0.05, 0) is 12.1 Å². The summed E-state index contributed by atoms with van der Waals surface area (Å²) in [5, 5.41) is 4.24. The molecule has 0 spiro atoms. The summed E-state index contributed by atoms with van der Waals surface area (Å²) in [5.74, 6) is 0.00799. The average Bonchev–Trinajstić information content (AvgIpc) is 2.86. The zero-order valence-electron chi connectivity index (χ0n) is 14.0. The van der Waals surface area contributed by atoms with Crippen LogP contribution in [-0.2, 0) is 26.4 Å². The molecule has 0 amide bonds. The number of rotatable bonds is 5. The van der Waals surface area contributed by atoms with Gasteiger partial charge >= 0.3 is 0 Å². The standard InChI is InChI=1S/C14H14N6O5S2/c1-3-7-19-13(21)9-8-16-14(26(2,22)23)18-12(9)20(19)10-5-4-6-11(17-10)27(15,24)25/h3-6,8H,1,7H2,2H3,(H2,15,24,25). The van der Waals surface area contributed by atoms with Gasteiger partial charge in [0.15, 0.2) is 16.5 Å². The van der Waals surface area contributed by atoms with Crippen LogP contribution in [0.1, 0.15) is 0 Å². The van der Waals surface area contributed by atoms with Crippen molar-refractivity contribution in [3.8, 4) is 5.82 Å². The summed E-state index contributed by atoms with van der Waals surface area (Å²) in [6.07, 6.45) is 3.46. The van der Waals surface area contributed by atoms with Crippen molar-refractivity contribution in [2.24, 2.45) is 5.14 Å². The molecule has 0 unspecified atom stereocenters. The van der Waals surface area contributed by atoms with Crippen molar-refractivity contribution in [1.82, 2.24) is 24.3 Å². The lowest BCUT2D eigenvalue weighted by Crippen LogP contribution is -2.23. The molecule has 0 fully saturated rings. The number of fused-ring (bicyclic) bond motifs is 1. The Bertz CT molecular complexity index is 1340. The third-order valence-electron chi connectivity index (χ3n) is 3.50. The quantitative estimate of drug-likeness (QED) is 0.423. The fourth-order valence-electron chi connectivity index (χ4n) is 2.39. The molecule has 11 nitrogen and oxygen atoms in total. The van der Waals surface area contributed by atoms with Gasteiger partial charge in [-0.2, -0.15) is 4.98 Å². The fourth-order valence-corrected chi connectivity index (χ4v) is 3.38. The number of allylic oxidation sites excluding steroid dienone is 1. The van der Waals surface area contributed by atoms with E-state index in [2.05, 4.69) is 21.5 Å². The van der Waals surface area contributed by atoms with Crippen LogP contribution >= 0.6 is 0 Å². The topological polar surface area (TPSA) is 160 Å². The first kappa shape index (κ1) is 18.9. The molecule has 27 heavy (non-hydrogen) atoms. The minimum Gasteiger partial charge on any atom is -0.267 e. The molecule has 142 valence electrons. The molecule has 0 aliphatic rings. The number of aromatic nitrogens is 5. The van der Waals surface area contributed by atoms with Crippen LogP contribution in [0.3, 0.4) is 0 Å². The van der Waals surface area contributed by atoms with E-state index in [1.165, 1.54) is 33.6 Å². The van der Waals surface area contributed by atoms with Crippen LogP contribution in [0, 0.1) is 0 Å². The highest BCUT2D eigenvalue weighted by atomic mass is 32.2. The Labute approximate surface area is 153 Å². The summed E-state index contributed by atoms with van der Waals surface area (Å²) in [5.41, 5.74) is -0.566. The predicted molar refractivity (Wildman–Crippen MR) is 95.6 cm³/mol. The maximum absolute atomic E-state index is 12.6. The van der Waals surface area contributed by atoms with Gasteiger partial charge in [-0.3, -0.25) is 4.79 Å². The molecule has 0 atom stereocenters. The number of hydrogen-bond donors (Lipinski definition) is 1. The summed E-state index contributed by atoms with van der Waals surface area (Å²) in [6.45, 7) is 3.61. The normalized spacial score (nSPS) is 12.4. The fraction of sp³-hybridized carbons (Fsp3) is 0.143. The first-order valence-electron chi connectivity index (χ1n) is 7.34. The van der Waals surface area contributed by atoms with Gasteiger partial charge in [-0.25, -0.2) is 41.3 Å². The number of nitrogens with two attached hydrogens (primary N) is 1. The zero-order valence-corrected chi connectivity index (χ0v) is 15.6. The minimum absolute atomic E-state index is 0.00799. The van der Waals surface area contributed by atoms with Crippen molar-refractivity contribution < 1.29 is 16.8 Å². The van der Waals surface area contributed by atoms with E-state index in [-0.39, 0.29) is 23.4 Å². The molecular formula is C14H14N6O5S2. The van der Waals surface area contributed by atoms with Crippen molar-refractivity contribution in [1.29, 1.82) is 0 Å². The molecule has 0 aromatic carbocycles. The number of sulfone groups is 1. The van der Waals surface area contributed by atoms with E-state index in [1.807, 2.05) is 0 Å². The lowest BCUT2D eigenvalue weighted by Gasteiger charge is -2.10. The van der Waals surface area contributed by atoms with Gasteiger partial charge in [0.05, 0.1) is 6.54 Å². The molecule has 0 aliphatic heterocycles. The Balaban J connectivity index is 2.45. The molecular weight excluding hydrogens is 396 g/mol. The van der Waals surface area contributed by atoms with Crippen LogP contribution in [0.4, 0.5) is 0 Å². The molecule has 3 rings (SSSR count). The number of nitrogens with zero attached hydrogens (tertiary/aromatic N) is 5. The molecule has 3 aromatic heterocycles. The monoisotopic (exact) mass is 410 g/mol. The maximum Gasteiger partial charge on any atom is 0.278 e.